The number of fused-ring (bicyclic) bond motifs is 11. The van der Waals surface area contributed by atoms with Crippen molar-refractivity contribution in [1.29, 1.82) is 0 Å². The van der Waals surface area contributed by atoms with E-state index in [1.807, 2.05) is 48.5 Å². The lowest BCUT2D eigenvalue weighted by Crippen LogP contribution is -2.11. The van der Waals surface area contributed by atoms with Crippen LogP contribution in [0.25, 0.3) is 76.7 Å². The molecule has 0 radical (unpaired) electrons. The number of nitrogens with zero attached hydrogens (tertiary/aromatic N) is 2. The van der Waals surface area contributed by atoms with Crippen LogP contribution in [-0.4, -0.2) is 4.98 Å². The van der Waals surface area contributed by atoms with Gasteiger partial charge in [0.05, 0.1) is 11.4 Å². The third-order valence-corrected chi connectivity index (χ3v) is 8.68. The largest absolute Gasteiger partial charge is 0.456 e. The lowest BCUT2D eigenvalue weighted by Gasteiger charge is -2.24. The van der Waals surface area contributed by atoms with Gasteiger partial charge in [0, 0.05) is 49.8 Å². The van der Waals surface area contributed by atoms with Gasteiger partial charge in [-0.3, -0.25) is 4.90 Å². The maximum absolute atomic E-state index is 6.47. The Hall–Kier alpha value is -6.07. The molecule has 0 aliphatic heterocycles. The van der Waals surface area contributed by atoms with E-state index in [2.05, 4.69) is 89.8 Å². The van der Waals surface area contributed by atoms with Gasteiger partial charge < -0.3 is 13.3 Å². The first-order valence-electron chi connectivity index (χ1n) is 14.6. The first-order chi connectivity index (χ1) is 21.8. The monoisotopic (exact) mass is 566 g/mol. The van der Waals surface area contributed by atoms with Crippen molar-refractivity contribution >= 4 is 93.9 Å². The van der Waals surface area contributed by atoms with Gasteiger partial charge >= 0.3 is 0 Å². The van der Waals surface area contributed by atoms with Gasteiger partial charge in [0.15, 0.2) is 0 Å². The summed E-state index contributed by atoms with van der Waals surface area (Å²) in [6, 6.07) is 45.6. The Labute approximate surface area is 250 Å². The Bertz CT molecular complexity index is 2630. The maximum Gasteiger partial charge on any atom is 0.229 e. The Morgan fingerprint density at radius 1 is 0.409 bits per heavy atom. The molecule has 10 aromatic rings. The number of hydrogen-bond acceptors (Lipinski definition) is 5. The number of anilines is 3. The first kappa shape index (κ1) is 23.5. The Morgan fingerprint density at radius 2 is 0.955 bits per heavy atom. The highest BCUT2D eigenvalue weighted by Gasteiger charge is 2.20. The van der Waals surface area contributed by atoms with E-state index in [1.54, 1.807) is 0 Å². The molecule has 0 atom stereocenters. The van der Waals surface area contributed by atoms with Gasteiger partial charge in [0.1, 0.15) is 33.7 Å². The molecule has 5 heteroatoms. The van der Waals surface area contributed by atoms with Gasteiger partial charge in [0.25, 0.3) is 0 Å². The predicted molar refractivity (Wildman–Crippen MR) is 178 cm³/mol. The van der Waals surface area contributed by atoms with E-state index in [9.17, 15) is 0 Å². The highest BCUT2D eigenvalue weighted by atomic mass is 16.3. The van der Waals surface area contributed by atoms with Crippen molar-refractivity contribution < 1.29 is 13.3 Å². The highest BCUT2D eigenvalue weighted by molar-refractivity contribution is 6.14. The summed E-state index contributed by atoms with van der Waals surface area (Å²) >= 11 is 0. The minimum absolute atomic E-state index is 0.591. The number of rotatable bonds is 3. The zero-order valence-corrected chi connectivity index (χ0v) is 23.3. The van der Waals surface area contributed by atoms with Gasteiger partial charge in [-0.05, 0) is 60.0 Å². The van der Waals surface area contributed by atoms with Crippen molar-refractivity contribution in [2.45, 2.75) is 0 Å². The molecule has 6 aromatic carbocycles. The van der Waals surface area contributed by atoms with Crippen molar-refractivity contribution in [2.75, 3.05) is 4.90 Å². The summed E-state index contributed by atoms with van der Waals surface area (Å²) in [5, 5.41) is 8.59. The summed E-state index contributed by atoms with van der Waals surface area (Å²) in [6.45, 7) is 0. The average Bonchev–Trinajstić information content (AvgIpc) is 3.75. The van der Waals surface area contributed by atoms with Crippen LogP contribution in [0.1, 0.15) is 0 Å². The average molecular weight is 567 g/mol. The molecule has 10 rings (SSSR count). The van der Waals surface area contributed by atoms with Crippen LogP contribution >= 0.6 is 0 Å². The van der Waals surface area contributed by atoms with Gasteiger partial charge in [-0.2, -0.15) is 4.98 Å². The molecule has 0 N–H and O–H groups in total. The molecule has 206 valence electrons. The zero-order valence-electron chi connectivity index (χ0n) is 23.3. The molecule has 0 spiro atoms. The molecule has 44 heavy (non-hydrogen) atoms. The van der Waals surface area contributed by atoms with Crippen molar-refractivity contribution in [3.8, 4) is 0 Å². The summed E-state index contributed by atoms with van der Waals surface area (Å²) < 4.78 is 19.1. The summed E-state index contributed by atoms with van der Waals surface area (Å²) in [4.78, 5) is 7.24. The topological polar surface area (TPSA) is 55.6 Å². The fourth-order valence-corrected chi connectivity index (χ4v) is 6.62. The molecule has 5 nitrogen and oxygen atoms in total. The third kappa shape index (κ3) is 3.32. The number of furan rings is 3. The standard InChI is InChI=1S/C39H22N2O3/c1-2-8-26-23(7-1)13-16-31-32-19-20-37(40-39(32)44-38(26)31)41(24-14-17-29-27-9-3-5-11-33(27)42-35(29)21-24)25-15-18-30-28-10-4-6-12-34(28)43-36(30)22-25/h1-22H. The molecule has 0 aliphatic carbocycles. The molecule has 0 fully saturated rings. The van der Waals surface area contributed by atoms with Crippen molar-refractivity contribution in [1.82, 2.24) is 4.98 Å². The first-order valence-corrected chi connectivity index (χ1v) is 14.6. The predicted octanol–water partition coefficient (Wildman–Crippen LogP) is 11.4. The van der Waals surface area contributed by atoms with Gasteiger partial charge in [-0.15, -0.1) is 0 Å². The van der Waals surface area contributed by atoms with E-state index in [0.717, 1.165) is 88.2 Å². The van der Waals surface area contributed by atoms with E-state index in [0.29, 0.717) is 5.71 Å². The normalized spacial score (nSPS) is 12.1. The van der Waals surface area contributed by atoms with Crippen LogP contribution in [0.4, 0.5) is 17.2 Å². The second-order valence-corrected chi connectivity index (χ2v) is 11.2. The summed E-state index contributed by atoms with van der Waals surface area (Å²) in [6.07, 6.45) is 0. The quantitative estimate of drug-likeness (QED) is 0.213. The lowest BCUT2D eigenvalue weighted by molar-refractivity contribution is 0.658. The lowest BCUT2D eigenvalue weighted by atomic mass is 10.1. The van der Waals surface area contributed by atoms with E-state index in [4.69, 9.17) is 18.2 Å². The number of pyridine rings is 1. The molecule has 0 bridgehead atoms. The Kier molecular flexibility index (Phi) is 4.66. The Balaban J connectivity index is 1.21. The molecule has 0 amide bonds. The third-order valence-electron chi connectivity index (χ3n) is 8.68. The zero-order chi connectivity index (χ0) is 28.8. The van der Waals surface area contributed by atoms with Crippen LogP contribution in [0.3, 0.4) is 0 Å². The summed E-state index contributed by atoms with van der Waals surface area (Å²) in [5.41, 5.74) is 6.63. The molecule has 0 saturated heterocycles. The maximum atomic E-state index is 6.47. The van der Waals surface area contributed by atoms with Crippen molar-refractivity contribution in [3.05, 3.63) is 133 Å². The Morgan fingerprint density at radius 3 is 1.64 bits per heavy atom. The second kappa shape index (κ2) is 8.72. The smallest absolute Gasteiger partial charge is 0.229 e. The minimum Gasteiger partial charge on any atom is -0.456 e. The minimum atomic E-state index is 0.591. The SMILES string of the molecule is c1ccc2c(c1)ccc1c3ccc(N(c4ccc5c(c4)oc4ccccc45)c4ccc5c(c4)oc4ccccc45)nc3oc21. The molecule has 4 aromatic heterocycles. The molecular formula is C39H22N2O3. The van der Waals surface area contributed by atoms with E-state index >= 15 is 0 Å². The highest BCUT2D eigenvalue weighted by Crippen LogP contribution is 2.41. The van der Waals surface area contributed by atoms with Crippen LogP contribution in [0.2, 0.25) is 0 Å². The van der Waals surface area contributed by atoms with Gasteiger partial charge in [-0.25, -0.2) is 0 Å². The van der Waals surface area contributed by atoms with Crippen LogP contribution in [0.15, 0.2) is 147 Å². The van der Waals surface area contributed by atoms with E-state index in [-0.39, 0.29) is 0 Å². The fraction of sp³-hybridized carbons (Fsp3) is 0. The van der Waals surface area contributed by atoms with Crippen LogP contribution in [-0.2, 0) is 0 Å². The molecule has 0 aliphatic rings. The number of aromatic nitrogens is 1. The van der Waals surface area contributed by atoms with E-state index < -0.39 is 0 Å². The molecular weight excluding hydrogens is 544 g/mol. The van der Waals surface area contributed by atoms with Crippen LogP contribution in [0.5, 0.6) is 0 Å². The molecule has 0 saturated carbocycles. The number of benzene rings is 6. The van der Waals surface area contributed by atoms with Crippen molar-refractivity contribution in [3.63, 3.8) is 0 Å². The van der Waals surface area contributed by atoms with Crippen LogP contribution < -0.4 is 4.90 Å². The van der Waals surface area contributed by atoms with Crippen molar-refractivity contribution in [2.24, 2.45) is 0 Å². The summed E-state index contributed by atoms with van der Waals surface area (Å²) in [7, 11) is 0. The number of hydrogen-bond donors (Lipinski definition) is 0. The molecule has 4 heterocycles. The van der Waals surface area contributed by atoms with Crippen LogP contribution in [0, 0.1) is 0 Å². The van der Waals surface area contributed by atoms with Gasteiger partial charge in [-0.1, -0.05) is 66.7 Å². The molecule has 0 unspecified atom stereocenters. The fourth-order valence-electron chi connectivity index (χ4n) is 6.62. The second-order valence-electron chi connectivity index (χ2n) is 11.2. The van der Waals surface area contributed by atoms with Gasteiger partial charge in [0.2, 0.25) is 5.71 Å². The number of para-hydroxylation sites is 2. The summed E-state index contributed by atoms with van der Waals surface area (Å²) in [5.74, 6) is 0.729. The van der Waals surface area contributed by atoms with E-state index in [1.165, 1.54) is 0 Å².